The number of likely N-dealkylation sites (tertiary alicyclic amines) is 1. The number of nitrogens with one attached hydrogen (secondary N) is 1. The molecule has 5 nitrogen and oxygen atoms in total. The first-order chi connectivity index (χ1) is 10.8. The minimum atomic E-state index is -0.216. The van der Waals surface area contributed by atoms with E-state index in [1.807, 2.05) is 0 Å². The zero-order valence-corrected chi connectivity index (χ0v) is 13.6. The fraction of sp³-hybridized carbons (Fsp3) is 0.941. The molecule has 1 atom stereocenters. The third-order valence-corrected chi connectivity index (χ3v) is 5.42. The fourth-order valence-electron chi connectivity index (χ4n) is 3.96. The molecule has 3 aliphatic rings. The highest BCUT2D eigenvalue weighted by Crippen LogP contribution is 2.32. The van der Waals surface area contributed by atoms with Gasteiger partial charge in [0.1, 0.15) is 6.10 Å². The Bertz CT molecular complexity index is 357. The quantitative estimate of drug-likeness (QED) is 0.837. The number of ether oxygens (including phenoxy) is 2. The van der Waals surface area contributed by atoms with Gasteiger partial charge in [-0.15, -0.1) is 0 Å². The highest BCUT2D eigenvalue weighted by Gasteiger charge is 2.36. The molecule has 0 aromatic rings. The number of hydrogen-bond donors (Lipinski definition) is 1. The molecule has 1 amide bonds. The summed E-state index contributed by atoms with van der Waals surface area (Å²) in [5, 5.41) is 3.18. The monoisotopic (exact) mass is 310 g/mol. The van der Waals surface area contributed by atoms with E-state index in [9.17, 15) is 4.79 Å². The van der Waals surface area contributed by atoms with Gasteiger partial charge >= 0.3 is 0 Å². The van der Waals surface area contributed by atoms with Crippen molar-refractivity contribution in [3.8, 4) is 0 Å². The van der Waals surface area contributed by atoms with Crippen LogP contribution in [-0.2, 0) is 14.3 Å². The molecule has 126 valence electrons. The molecule has 0 spiro atoms. The predicted octanol–water partition coefficient (Wildman–Crippen LogP) is 1.56. The number of piperidine rings is 1. The van der Waals surface area contributed by atoms with E-state index >= 15 is 0 Å². The fourth-order valence-corrected chi connectivity index (χ4v) is 3.96. The molecule has 0 aromatic heterocycles. The van der Waals surface area contributed by atoms with Crippen molar-refractivity contribution in [2.24, 2.45) is 5.41 Å². The molecular formula is C17H30N2O3. The maximum absolute atomic E-state index is 12.2. The smallest absolute Gasteiger partial charge is 0.249 e. The number of amides is 1. The summed E-state index contributed by atoms with van der Waals surface area (Å²) in [5.41, 5.74) is 0.184. The number of rotatable bonds is 5. The molecule has 3 aliphatic heterocycles. The molecular weight excluding hydrogens is 280 g/mol. The first-order valence-electron chi connectivity index (χ1n) is 8.97. The van der Waals surface area contributed by atoms with E-state index in [2.05, 4.69) is 10.2 Å². The van der Waals surface area contributed by atoms with Crippen LogP contribution in [-0.4, -0.2) is 62.9 Å². The number of hydrogen-bond acceptors (Lipinski definition) is 4. The second-order valence-electron chi connectivity index (χ2n) is 7.17. The lowest BCUT2D eigenvalue weighted by molar-refractivity contribution is -0.131. The van der Waals surface area contributed by atoms with Crippen molar-refractivity contribution < 1.29 is 14.3 Å². The minimum Gasteiger partial charge on any atom is -0.381 e. The highest BCUT2D eigenvalue weighted by atomic mass is 16.5. The molecule has 3 rings (SSSR count). The van der Waals surface area contributed by atoms with Gasteiger partial charge < -0.3 is 19.7 Å². The third-order valence-electron chi connectivity index (χ3n) is 5.42. The summed E-state index contributed by atoms with van der Waals surface area (Å²) < 4.78 is 11.1. The average Bonchev–Trinajstić information content (AvgIpc) is 3.09. The Balaban J connectivity index is 1.54. The Kier molecular flexibility index (Phi) is 5.71. The third kappa shape index (κ3) is 4.21. The Hall–Kier alpha value is -0.650. The number of carbonyl (C=O) groups excluding carboxylic acids is 1. The molecule has 3 fully saturated rings. The lowest BCUT2D eigenvalue weighted by Crippen LogP contribution is -2.50. The first kappa shape index (κ1) is 16.2. The molecule has 0 aliphatic carbocycles. The van der Waals surface area contributed by atoms with Crippen LogP contribution in [0, 0.1) is 5.41 Å². The Morgan fingerprint density at radius 1 is 1.09 bits per heavy atom. The maximum atomic E-state index is 12.2. The molecule has 1 unspecified atom stereocenters. The van der Waals surface area contributed by atoms with Crippen LogP contribution in [0.1, 0.15) is 44.9 Å². The Morgan fingerprint density at radius 3 is 2.55 bits per heavy atom. The van der Waals surface area contributed by atoms with Gasteiger partial charge in [-0.2, -0.15) is 0 Å². The largest absolute Gasteiger partial charge is 0.381 e. The van der Waals surface area contributed by atoms with Crippen molar-refractivity contribution >= 4 is 5.91 Å². The molecule has 3 heterocycles. The summed E-state index contributed by atoms with van der Waals surface area (Å²) in [6.45, 7) is 6.66. The van der Waals surface area contributed by atoms with Gasteiger partial charge in [0.2, 0.25) is 5.91 Å². The Morgan fingerprint density at radius 2 is 1.86 bits per heavy atom. The van der Waals surface area contributed by atoms with Crippen molar-refractivity contribution in [2.75, 3.05) is 46.0 Å². The summed E-state index contributed by atoms with van der Waals surface area (Å²) in [6.07, 6.45) is 7.75. The molecule has 22 heavy (non-hydrogen) atoms. The van der Waals surface area contributed by atoms with E-state index in [1.54, 1.807) is 0 Å². The summed E-state index contributed by atoms with van der Waals surface area (Å²) in [5.74, 6) is 0.0852. The molecule has 0 bridgehead atoms. The van der Waals surface area contributed by atoms with Crippen LogP contribution >= 0.6 is 0 Å². The molecule has 1 N–H and O–H groups in total. The van der Waals surface area contributed by atoms with Gasteiger partial charge in [0, 0.05) is 38.3 Å². The van der Waals surface area contributed by atoms with Crippen LogP contribution in [0.2, 0.25) is 0 Å². The molecule has 0 saturated carbocycles. The van der Waals surface area contributed by atoms with E-state index < -0.39 is 0 Å². The first-order valence-corrected chi connectivity index (χ1v) is 8.97. The van der Waals surface area contributed by atoms with Crippen LogP contribution < -0.4 is 5.32 Å². The minimum absolute atomic E-state index is 0.0852. The SMILES string of the molecule is O=C(NCC1(CN2CCCCC2)CCOCC1)C1CCCO1. The van der Waals surface area contributed by atoms with E-state index in [-0.39, 0.29) is 17.4 Å². The van der Waals surface area contributed by atoms with Gasteiger partial charge in [-0.05, 0) is 51.6 Å². The van der Waals surface area contributed by atoms with Gasteiger partial charge in [0.15, 0.2) is 0 Å². The normalized spacial score (nSPS) is 29.4. The van der Waals surface area contributed by atoms with Crippen LogP contribution in [0.25, 0.3) is 0 Å². The second kappa shape index (κ2) is 7.75. The van der Waals surface area contributed by atoms with Gasteiger partial charge in [0.05, 0.1) is 0 Å². The number of nitrogens with zero attached hydrogens (tertiary/aromatic N) is 1. The maximum Gasteiger partial charge on any atom is 0.249 e. The summed E-state index contributed by atoms with van der Waals surface area (Å²) in [7, 11) is 0. The molecule has 5 heteroatoms. The van der Waals surface area contributed by atoms with Crippen molar-refractivity contribution in [2.45, 2.75) is 51.0 Å². The number of carbonyl (C=O) groups is 1. The highest BCUT2D eigenvalue weighted by molar-refractivity contribution is 5.81. The lowest BCUT2D eigenvalue weighted by Gasteiger charge is -2.42. The van der Waals surface area contributed by atoms with E-state index in [1.165, 1.54) is 32.4 Å². The van der Waals surface area contributed by atoms with Crippen molar-refractivity contribution in [3.05, 3.63) is 0 Å². The zero-order valence-electron chi connectivity index (χ0n) is 13.6. The molecule has 0 radical (unpaired) electrons. The predicted molar refractivity (Wildman–Crippen MR) is 84.8 cm³/mol. The van der Waals surface area contributed by atoms with Gasteiger partial charge in [-0.1, -0.05) is 6.42 Å². The van der Waals surface area contributed by atoms with Crippen molar-refractivity contribution in [1.82, 2.24) is 10.2 Å². The van der Waals surface area contributed by atoms with Crippen LogP contribution in [0.3, 0.4) is 0 Å². The van der Waals surface area contributed by atoms with Gasteiger partial charge in [-0.25, -0.2) is 0 Å². The van der Waals surface area contributed by atoms with Crippen LogP contribution in [0.15, 0.2) is 0 Å². The van der Waals surface area contributed by atoms with E-state index in [0.717, 1.165) is 58.6 Å². The molecule has 3 saturated heterocycles. The van der Waals surface area contributed by atoms with Crippen LogP contribution in [0.5, 0.6) is 0 Å². The van der Waals surface area contributed by atoms with Crippen LogP contribution in [0.4, 0.5) is 0 Å². The zero-order chi connectivity index (χ0) is 15.3. The van der Waals surface area contributed by atoms with Gasteiger partial charge in [0.25, 0.3) is 0 Å². The van der Waals surface area contributed by atoms with Gasteiger partial charge in [-0.3, -0.25) is 4.79 Å². The van der Waals surface area contributed by atoms with Crippen molar-refractivity contribution in [1.29, 1.82) is 0 Å². The second-order valence-corrected chi connectivity index (χ2v) is 7.17. The summed E-state index contributed by atoms with van der Waals surface area (Å²) in [4.78, 5) is 14.8. The lowest BCUT2D eigenvalue weighted by atomic mass is 9.79. The molecule has 0 aromatic carbocycles. The van der Waals surface area contributed by atoms with E-state index in [4.69, 9.17) is 9.47 Å². The summed E-state index contributed by atoms with van der Waals surface area (Å²) >= 11 is 0. The topological polar surface area (TPSA) is 50.8 Å². The standard InChI is InChI=1S/C17H30N2O3/c20-16(15-5-4-10-22-15)18-13-17(6-11-21-12-7-17)14-19-8-2-1-3-9-19/h15H,1-14H2,(H,18,20). The average molecular weight is 310 g/mol. The van der Waals surface area contributed by atoms with E-state index in [0.29, 0.717) is 0 Å². The Labute approximate surface area is 133 Å². The van der Waals surface area contributed by atoms with Crippen molar-refractivity contribution in [3.63, 3.8) is 0 Å². The summed E-state index contributed by atoms with van der Waals surface area (Å²) in [6, 6.07) is 0.